The predicted molar refractivity (Wildman–Crippen MR) is 96.3 cm³/mol. The summed E-state index contributed by atoms with van der Waals surface area (Å²) in [6.07, 6.45) is 6.36. The van der Waals surface area contributed by atoms with E-state index in [1.165, 1.54) is 24.0 Å². The molecule has 1 saturated heterocycles. The molecule has 2 aromatic rings. The van der Waals surface area contributed by atoms with E-state index in [0.717, 1.165) is 37.2 Å². The summed E-state index contributed by atoms with van der Waals surface area (Å²) >= 11 is 1.34. The molecule has 2 aromatic heterocycles. The first-order valence-corrected chi connectivity index (χ1v) is 9.17. The topological polar surface area (TPSA) is 54.3 Å². The number of anilines is 1. The van der Waals surface area contributed by atoms with Gasteiger partial charge in [-0.15, -0.1) is 11.3 Å². The number of hydrogen-bond acceptors (Lipinski definition) is 3. The third kappa shape index (κ3) is 3.53. The summed E-state index contributed by atoms with van der Waals surface area (Å²) < 4.78 is 2.10. The van der Waals surface area contributed by atoms with Gasteiger partial charge in [0.2, 0.25) is 5.91 Å². The molecule has 0 bridgehead atoms. The number of likely N-dealkylation sites (tertiary alicyclic amines) is 1. The van der Waals surface area contributed by atoms with Crippen LogP contribution in [0.3, 0.4) is 0 Å². The van der Waals surface area contributed by atoms with Crippen molar-refractivity contribution in [3.05, 3.63) is 41.0 Å². The largest absolute Gasteiger partial charge is 0.353 e. The smallest absolute Gasteiger partial charge is 0.264 e. The van der Waals surface area contributed by atoms with Crippen molar-refractivity contribution in [3.8, 4) is 0 Å². The minimum atomic E-state index is -0.118. The number of aryl methyl sites for hydroxylation is 1. The Labute approximate surface area is 146 Å². The van der Waals surface area contributed by atoms with Crippen molar-refractivity contribution in [2.75, 3.05) is 11.9 Å². The van der Waals surface area contributed by atoms with Gasteiger partial charge in [0.05, 0.1) is 15.9 Å². The Hall–Kier alpha value is -2.08. The van der Waals surface area contributed by atoms with Crippen molar-refractivity contribution in [2.45, 2.75) is 38.6 Å². The fraction of sp³-hybridized carbons (Fsp3) is 0.444. The van der Waals surface area contributed by atoms with Crippen LogP contribution in [0.1, 0.15) is 54.0 Å². The van der Waals surface area contributed by atoms with Crippen LogP contribution < -0.4 is 5.32 Å². The Balaban J connectivity index is 1.86. The van der Waals surface area contributed by atoms with Crippen molar-refractivity contribution in [2.24, 2.45) is 7.05 Å². The van der Waals surface area contributed by atoms with Gasteiger partial charge >= 0.3 is 0 Å². The van der Waals surface area contributed by atoms with Gasteiger partial charge in [-0.1, -0.05) is 12.8 Å². The second kappa shape index (κ2) is 7.21. The molecule has 1 unspecified atom stereocenters. The quantitative estimate of drug-likeness (QED) is 0.920. The van der Waals surface area contributed by atoms with Crippen LogP contribution in [0.5, 0.6) is 0 Å². The zero-order valence-electron chi connectivity index (χ0n) is 14.1. The highest BCUT2D eigenvalue weighted by Crippen LogP contribution is 2.33. The minimum Gasteiger partial charge on any atom is -0.353 e. The van der Waals surface area contributed by atoms with Gasteiger partial charge in [0.25, 0.3) is 5.91 Å². The predicted octanol–water partition coefficient (Wildman–Crippen LogP) is 3.80. The maximum absolute atomic E-state index is 13.1. The van der Waals surface area contributed by atoms with Gasteiger partial charge in [0.15, 0.2) is 0 Å². The molecule has 0 aliphatic carbocycles. The second-order valence-corrected chi connectivity index (χ2v) is 7.34. The average molecular weight is 345 g/mol. The van der Waals surface area contributed by atoms with Crippen LogP contribution >= 0.6 is 11.3 Å². The lowest BCUT2D eigenvalue weighted by Gasteiger charge is -2.30. The maximum atomic E-state index is 13.1. The van der Waals surface area contributed by atoms with Gasteiger partial charge in [0, 0.05) is 32.4 Å². The van der Waals surface area contributed by atoms with Crippen molar-refractivity contribution in [3.63, 3.8) is 0 Å². The molecule has 24 heavy (non-hydrogen) atoms. The van der Waals surface area contributed by atoms with E-state index in [-0.39, 0.29) is 17.9 Å². The molecule has 1 fully saturated rings. The van der Waals surface area contributed by atoms with E-state index in [0.29, 0.717) is 4.88 Å². The molecule has 1 aliphatic rings. The molecule has 128 valence electrons. The molecule has 0 saturated carbocycles. The lowest BCUT2D eigenvalue weighted by atomic mass is 10.1. The Morgan fingerprint density at radius 2 is 2.04 bits per heavy atom. The molecular formula is C18H23N3O2S. The first-order chi connectivity index (χ1) is 11.6. The molecule has 0 aromatic carbocycles. The van der Waals surface area contributed by atoms with Gasteiger partial charge in [-0.2, -0.15) is 0 Å². The summed E-state index contributed by atoms with van der Waals surface area (Å²) in [6.45, 7) is 2.25. The lowest BCUT2D eigenvalue weighted by molar-refractivity contribution is -0.114. The fourth-order valence-corrected chi connectivity index (χ4v) is 4.22. The SMILES string of the molecule is CC(=O)Nc1ccc(C(=O)N2CCCCCC2c2cccn2C)s1. The number of aromatic nitrogens is 1. The van der Waals surface area contributed by atoms with E-state index < -0.39 is 0 Å². The van der Waals surface area contributed by atoms with E-state index in [1.807, 2.05) is 30.3 Å². The zero-order chi connectivity index (χ0) is 17.1. The molecule has 2 amide bonds. The van der Waals surface area contributed by atoms with Crippen LogP contribution in [-0.4, -0.2) is 27.8 Å². The fourth-order valence-electron chi connectivity index (χ4n) is 3.31. The van der Waals surface area contributed by atoms with Gasteiger partial charge in [0.1, 0.15) is 0 Å². The Morgan fingerprint density at radius 3 is 2.75 bits per heavy atom. The summed E-state index contributed by atoms with van der Waals surface area (Å²) in [5.74, 6) is -0.0583. The molecule has 0 spiro atoms. The van der Waals surface area contributed by atoms with Crippen LogP contribution in [0, 0.1) is 0 Å². The van der Waals surface area contributed by atoms with Crippen molar-refractivity contribution in [1.29, 1.82) is 0 Å². The second-order valence-electron chi connectivity index (χ2n) is 6.25. The number of carbonyl (C=O) groups is 2. The van der Waals surface area contributed by atoms with Crippen molar-refractivity contribution in [1.82, 2.24) is 9.47 Å². The van der Waals surface area contributed by atoms with E-state index >= 15 is 0 Å². The monoisotopic (exact) mass is 345 g/mol. The molecule has 1 atom stereocenters. The molecule has 3 rings (SSSR count). The normalized spacial score (nSPS) is 18.2. The minimum absolute atomic E-state index is 0.0599. The first kappa shape index (κ1) is 16.8. The van der Waals surface area contributed by atoms with Crippen LogP contribution in [0.15, 0.2) is 30.5 Å². The summed E-state index contributed by atoms with van der Waals surface area (Å²) in [5.41, 5.74) is 1.18. The third-order valence-electron chi connectivity index (χ3n) is 4.46. The Kier molecular flexibility index (Phi) is 5.04. The van der Waals surface area contributed by atoms with Gasteiger partial charge in [-0.05, 0) is 37.1 Å². The molecular weight excluding hydrogens is 322 g/mol. The van der Waals surface area contributed by atoms with E-state index in [4.69, 9.17) is 0 Å². The zero-order valence-corrected chi connectivity index (χ0v) is 14.9. The van der Waals surface area contributed by atoms with Crippen LogP contribution in [0.4, 0.5) is 5.00 Å². The lowest BCUT2D eigenvalue weighted by Crippen LogP contribution is -2.35. The number of nitrogens with zero attached hydrogens (tertiary/aromatic N) is 2. The van der Waals surface area contributed by atoms with Crippen molar-refractivity contribution >= 4 is 28.2 Å². The maximum Gasteiger partial charge on any atom is 0.264 e. The van der Waals surface area contributed by atoms with Gasteiger partial charge in [-0.25, -0.2) is 0 Å². The van der Waals surface area contributed by atoms with Gasteiger partial charge < -0.3 is 14.8 Å². The summed E-state index contributed by atoms with van der Waals surface area (Å²) in [4.78, 5) is 27.0. The number of hydrogen-bond donors (Lipinski definition) is 1. The van der Waals surface area contributed by atoms with Crippen LogP contribution in [0.2, 0.25) is 0 Å². The Morgan fingerprint density at radius 1 is 1.21 bits per heavy atom. The highest BCUT2D eigenvalue weighted by Gasteiger charge is 2.29. The number of rotatable bonds is 3. The van der Waals surface area contributed by atoms with E-state index in [2.05, 4.69) is 16.0 Å². The van der Waals surface area contributed by atoms with Crippen molar-refractivity contribution < 1.29 is 9.59 Å². The number of thiophene rings is 1. The summed E-state index contributed by atoms with van der Waals surface area (Å²) in [7, 11) is 2.03. The van der Waals surface area contributed by atoms with Crippen LogP contribution in [0.25, 0.3) is 0 Å². The molecule has 1 aliphatic heterocycles. The standard InChI is InChI=1S/C18H23N3O2S/c1-13(22)19-17-10-9-16(24-17)18(23)21-12-5-3-4-7-15(21)14-8-6-11-20(14)2/h6,8-11,15H,3-5,7,12H2,1-2H3,(H,19,22). The van der Waals surface area contributed by atoms with E-state index in [1.54, 1.807) is 6.07 Å². The summed E-state index contributed by atoms with van der Waals surface area (Å²) in [6, 6.07) is 7.86. The average Bonchev–Trinajstić information content (AvgIpc) is 3.09. The van der Waals surface area contributed by atoms with Gasteiger partial charge in [-0.3, -0.25) is 9.59 Å². The summed E-state index contributed by atoms with van der Waals surface area (Å²) in [5, 5.41) is 3.47. The Bertz CT molecular complexity index is 734. The molecule has 6 heteroatoms. The van der Waals surface area contributed by atoms with E-state index in [9.17, 15) is 9.59 Å². The highest BCUT2D eigenvalue weighted by atomic mass is 32.1. The number of amides is 2. The molecule has 1 N–H and O–H groups in total. The molecule has 0 radical (unpaired) electrons. The molecule has 5 nitrogen and oxygen atoms in total. The van der Waals surface area contributed by atoms with Crippen LogP contribution in [-0.2, 0) is 11.8 Å². The molecule has 3 heterocycles. The highest BCUT2D eigenvalue weighted by molar-refractivity contribution is 7.18. The first-order valence-electron chi connectivity index (χ1n) is 8.36. The number of nitrogens with one attached hydrogen (secondary N) is 1. The third-order valence-corrected chi connectivity index (χ3v) is 5.44. The number of carbonyl (C=O) groups excluding carboxylic acids is 2.